The molecule has 0 fully saturated rings. The van der Waals surface area contributed by atoms with Gasteiger partial charge in [-0.05, 0) is 42.8 Å². The van der Waals surface area contributed by atoms with E-state index in [2.05, 4.69) is 5.32 Å². The third-order valence-electron chi connectivity index (χ3n) is 3.86. The molecule has 0 radical (unpaired) electrons. The van der Waals surface area contributed by atoms with Crippen LogP contribution in [0.1, 0.15) is 15.9 Å². The fraction of sp³-hybridized carbons (Fsp3) is 0.278. The normalized spacial score (nSPS) is 11.1. The summed E-state index contributed by atoms with van der Waals surface area (Å²) in [6.07, 6.45) is 1.09. The predicted octanol–water partition coefficient (Wildman–Crippen LogP) is 3.51. The molecule has 0 aromatic heterocycles. The molecule has 1 amide bonds. The van der Waals surface area contributed by atoms with E-state index in [1.165, 1.54) is 25.2 Å². The summed E-state index contributed by atoms with van der Waals surface area (Å²) in [7, 11) is -2.00. The van der Waals surface area contributed by atoms with Gasteiger partial charge in [0.15, 0.2) is 0 Å². The molecule has 0 saturated carbocycles. The molecule has 0 unspecified atom stereocenters. The van der Waals surface area contributed by atoms with Crippen LogP contribution in [0.5, 0.6) is 5.75 Å². The first kappa shape index (κ1) is 21.3. The molecule has 146 valence electrons. The zero-order valence-corrected chi connectivity index (χ0v) is 17.5. The number of anilines is 1. The van der Waals surface area contributed by atoms with Crippen LogP contribution in [0.25, 0.3) is 0 Å². The highest BCUT2D eigenvalue weighted by Gasteiger charge is 2.16. The Hall–Kier alpha value is -1.96. The Balaban J connectivity index is 1.93. The SMILES string of the molecule is Cc1ccc(OCCNC(=O)c2ccc(N(C)S(C)(=O)=O)cc2Cl)cc1Cl. The highest BCUT2D eigenvalue weighted by Crippen LogP contribution is 2.24. The maximum atomic E-state index is 12.2. The van der Waals surface area contributed by atoms with Crippen LogP contribution in [0.2, 0.25) is 10.0 Å². The Bertz CT molecular complexity index is 948. The van der Waals surface area contributed by atoms with E-state index in [4.69, 9.17) is 27.9 Å². The van der Waals surface area contributed by atoms with E-state index >= 15 is 0 Å². The molecule has 0 aliphatic heterocycles. The van der Waals surface area contributed by atoms with Gasteiger partial charge in [0.2, 0.25) is 10.0 Å². The lowest BCUT2D eigenvalue weighted by Crippen LogP contribution is -2.28. The molecular formula is C18H20Cl2N2O4S. The van der Waals surface area contributed by atoms with E-state index in [0.29, 0.717) is 16.5 Å². The maximum absolute atomic E-state index is 12.2. The molecule has 0 spiro atoms. The van der Waals surface area contributed by atoms with E-state index in [9.17, 15) is 13.2 Å². The summed E-state index contributed by atoms with van der Waals surface area (Å²) in [6.45, 7) is 2.43. The van der Waals surface area contributed by atoms with Gasteiger partial charge in [-0.3, -0.25) is 9.10 Å². The summed E-state index contributed by atoms with van der Waals surface area (Å²) in [5.41, 5.74) is 1.58. The van der Waals surface area contributed by atoms with Crippen molar-refractivity contribution in [2.75, 3.05) is 30.8 Å². The third-order valence-corrected chi connectivity index (χ3v) is 5.78. The second kappa shape index (κ2) is 8.82. The second-order valence-corrected chi connectivity index (χ2v) is 8.74. The quantitative estimate of drug-likeness (QED) is 0.681. The van der Waals surface area contributed by atoms with Crippen molar-refractivity contribution >= 4 is 44.8 Å². The van der Waals surface area contributed by atoms with Gasteiger partial charge in [0.25, 0.3) is 5.91 Å². The number of nitrogens with one attached hydrogen (secondary N) is 1. The van der Waals surface area contributed by atoms with Crippen molar-refractivity contribution in [3.63, 3.8) is 0 Å². The molecule has 0 bridgehead atoms. The lowest BCUT2D eigenvalue weighted by molar-refractivity contribution is 0.0947. The number of halogens is 2. The van der Waals surface area contributed by atoms with Gasteiger partial charge in [-0.1, -0.05) is 29.3 Å². The first-order valence-corrected chi connectivity index (χ1v) is 10.6. The number of rotatable bonds is 7. The lowest BCUT2D eigenvalue weighted by atomic mass is 10.2. The first-order chi connectivity index (χ1) is 12.6. The summed E-state index contributed by atoms with van der Waals surface area (Å²) in [4.78, 5) is 12.2. The number of sulfonamides is 1. The largest absolute Gasteiger partial charge is 0.492 e. The molecule has 2 aromatic carbocycles. The molecule has 2 aromatic rings. The minimum Gasteiger partial charge on any atom is -0.492 e. The highest BCUT2D eigenvalue weighted by molar-refractivity contribution is 7.92. The monoisotopic (exact) mass is 430 g/mol. The molecule has 0 heterocycles. The van der Waals surface area contributed by atoms with E-state index in [0.717, 1.165) is 16.1 Å². The maximum Gasteiger partial charge on any atom is 0.252 e. The van der Waals surface area contributed by atoms with Crippen LogP contribution in [-0.2, 0) is 10.0 Å². The molecule has 0 aliphatic rings. The van der Waals surface area contributed by atoms with Gasteiger partial charge in [-0.25, -0.2) is 8.42 Å². The van der Waals surface area contributed by atoms with Crippen molar-refractivity contribution in [1.29, 1.82) is 0 Å². The van der Waals surface area contributed by atoms with E-state index < -0.39 is 10.0 Å². The van der Waals surface area contributed by atoms with Crippen LogP contribution in [-0.4, -0.2) is 40.8 Å². The Morgan fingerprint density at radius 3 is 2.44 bits per heavy atom. The topological polar surface area (TPSA) is 75.7 Å². The number of nitrogens with zero attached hydrogens (tertiary/aromatic N) is 1. The van der Waals surface area contributed by atoms with Crippen LogP contribution in [0.15, 0.2) is 36.4 Å². The first-order valence-electron chi connectivity index (χ1n) is 8.00. The van der Waals surface area contributed by atoms with Crippen LogP contribution >= 0.6 is 23.2 Å². The standard InChI is InChI=1S/C18H20Cl2N2O4S/c1-12-4-6-14(11-16(12)19)26-9-8-21-18(23)15-7-5-13(10-17(15)20)22(2)27(3,24)25/h4-7,10-11H,8-9H2,1-3H3,(H,21,23). The number of carbonyl (C=O) groups excluding carboxylic acids is 1. The van der Waals surface area contributed by atoms with Crippen molar-refractivity contribution in [1.82, 2.24) is 5.32 Å². The average Bonchev–Trinajstić information content (AvgIpc) is 2.60. The Labute approximate surface area is 169 Å². The molecule has 9 heteroatoms. The number of aryl methyl sites for hydroxylation is 1. The summed E-state index contributed by atoms with van der Waals surface area (Å²) in [5.74, 6) is 0.241. The van der Waals surface area contributed by atoms with Crippen molar-refractivity contribution in [2.24, 2.45) is 0 Å². The van der Waals surface area contributed by atoms with Gasteiger partial charge in [0.1, 0.15) is 12.4 Å². The number of hydrogen-bond donors (Lipinski definition) is 1. The van der Waals surface area contributed by atoms with Crippen LogP contribution in [0.4, 0.5) is 5.69 Å². The summed E-state index contributed by atoms with van der Waals surface area (Å²) < 4.78 is 29.8. The van der Waals surface area contributed by atoms with Crippen LogP contribution < -0.4 is 14.4 Å². The van der Waals surface area contributed by atoms with Gasteiger partial charge in [0, 0.05) is 12.1 Å². The highest BCUT2D eigenvalue weighted by atomic mass is 35.5. The van der Waals surface area contributed by atoms with Crippen molar-refractivity contribution in [2.45, 2.75) is 6.92 Å². The second-order valence-electron chi connectivity index (χ2n) is 5.91. The summed E-state index contributed by atoms with van der Waals surface area (Å²) in [6, 6.07) is 9.80. The van der Waals surface area contributed by atoms with Crippen LogP contribution in [0.3, 0.4) is 0 Å². The smallest absolute Gasteiger partial charge is 0.252 e. The van der Waals surface area contributed by atoms with Crippen molar-refractivity contribution in [3.05, 3.63) is 57.6 Å². The average molecular weight is 431 g/mol. The van der Waals surface area contributed by atoms with Gasteiger partial charge in [-0.15, -0.1) is 0 Å². The molecular weight excluding hydrogens is 411 g/mol. The third kappa shape index (κ3) is 5.76. The van der Waals surface area contributed by atoms with Crippen LogP contribution in [0, 0.1) is 6.92 Å². The van der Waals surface area contributed by atoms with Gasteiger partial charge in [0.05, 0.1) is 29.1 Å². The Morgan fingerprint density at radius 2 is 1.85 bits per heavy atom. The number of ether oxygens (including phenoxy) is 1. The number of carbonyl (C=O) groups is 1. The fourth-order valence-corrected chi connectivity index (χ4v) is 3.10. The molecule has 0 saturated heterocycles. The van der Waals surface area contributed by atoms with Crippen molar-refractivity contribution < 1.29 is 17.9 Å². The summed E-state index contributed by atoms with van der Waals surface area (Å²) in [5, 5.41) is 3.47. The number of amides is 1. The van der Waals surface area contributed by atoms with E-state index in [-0.39, 0.29) is 29.6 Å². The van der Waals surface area contributed by atoms with Gasteiger partial charge in [-0.2, -0.15) is 0 Å². The van der Waals surface area contributed by atoms with Gasteiger partial charge < -0.3 is 10.1 Å². The molecule has 0 aliphatic carbocycles. The minimum absolute atomic E-state index is 0.159. The zero-order chi connectivity index (χ0) is 20.2. The summed E-state index contributed by atoms with van der Waals surface area (Å²) >= 11 is 12.2. The molecule has 1 N–H and O–H groups in total. The van der Waals surface area contributed by atoms with Gasteiger partial charge >= 0.3 is 0 Å². The molecule has 27 heavy (non-hydrogen) atoms. The van der Waals surface area contributed by atoms with Crippen molar-refractivity contribution in [3.8, 4) is 5.75 Å². The number of hydrogen-bond acceptors (Lipinski definition) is 4. The number of benzene rings is 2. The fourth-order valence-electron chi connectivity index (χ4n) is 2.17. The Kier molecular flexibility index (Phi) is 6.97. The zero-order valence-electron chi connectivity index (χ0n) is 15.1. The Morgan fingerprint density at radius 1 is 1.15 bits per heavy atom. The molecule has 0 atom stereocenters. The molecule has 2 rings (SSSR count). The van der Waals surface area contributed by atoms with E-state index in [1.54, 1.807) is 12.1 Å². The minimum atomic E-state index is -3.41. The molecule has 6 nitrogen and oxygen atoms in total. The van der Waals surface area contributed by atoms with E-state index in [1.807, 2.05) is 13.0 Å². The lowest BCUT2D eigenvalue weighted by Gasteiger charge is -2.17. The predicted molar refractivity (Wildman–Crippen MR) is 109 cm³/mol.